The van der Waals surface area contributed by atoms with Crippen molar-refractivity contribution in [2.24, 2.45) is 0 Å². The van der Waals surface area contributed by atoms with E-state index in [4.69, 9.17) is 18.9 Å². The topological polar surface area (TPSA) is 94.6 Å². The Morgan fingerprint density at radius 3 is 2.00 bits per heavy atom. The molecule has 0 aromatic heterocycles. The second-order valence-corrected chi connectivity index (χ2v) is 10.8. The molecule has 0 fully saturated rings. The zero-order chi connectivity index (χ0) is 28.6. The first-order valence-electron chi connectivity index (χ1n) is 12.4. The van der Waals surface area contributed by atoms with Crippen LogP contribution in [0.15, 0.2) is 65.6 Å². The number of amides is 1. The van der Waals surface area contributed by atoms with Gasteiger partial charge in [-0.3, -0.25) is 4.79 Å². The Balaban J connectivity index is 1.89. The smallest absolute Gasteiger partial charge is 0.243 e. The summed E-state index contributed by atoms with van der Waals surface area (Å²) in [6.07, 6.45) is 0. The van der Waals surface area contributed by atoms with Gasteiger partial charge in [-0.1, -0.05) is 30.3 Å². The molecule has 0 spiro atoms. The molecule has 3 rings (SSSR count). The van der Waals surface area contributed by atoms with Gasteiger partial charge >= 0.3 is 0 Å². The van der Waals surface area contributed by atoms with E-state index in [1.807, 2.05) is 37.3 Å². The van der Waals surface area contributed by atoms with Gasteiger partial charge in [0, 0.05) is 20.1 Å². The van der Waals surface area contributed by atoms with Gasteiger partial charge in [0.05, 0.1) is 39.4 Å². The zero-order valence-electron chi connectivity index (χ0n) is 23.3. The van der Waals surface area contributed by atoms with Crippen LogP contribution in [0, 0.1) is 6.92 Å². The fourth-order valence-corrected chi connectivity index (χ4v) is 5.59. The Morgan fingerprint density at radius 1 is 0.821 bits per heavy atom. The minimum atomic E-state index is -4.01. The van der Waals surface area contributed by atoms with Gasteiger partial charge in [-0.25, -0.2) is 8.42 Å². The highest BCUT2D eigenvalue weighted by atomic mass is 32.2. The Morgan fingerprint density at radius 2 is 1.46 bits per heavy atom. The van der Waals surface area contributed by atoms with Crippen LogP contribution in [0.2, 0.25) is 0 Å². The largest absolute Gasteiger partial charge is 0.494 e. The molecule has 0 saturated heterocycles. The molecule has 0 unspecified atom stereocenters. The molecular weight excluding hydrogens is 520 g/mol. The van der Waals surface area contributed by atoms with E-state index in [0.717, 1.165) is 11.1 Å². The summed E-state index contributed by atoms with van der Waals surface area (Å²) in [6.45, 7) is 4.04. The zero-order valence-corrected chi connectivity index (χ0v) is 24.1. The molecule has 0 radical (unpaired) electrons. The van der Waals surface area contributed by atoms with Gasteiger partial charge in [-0.15, -0.1) is 0 Å². The van der Waals surface area contributed by atoms with Crippen LogP contribution >= 0.6 is 0 Å². The number of aryl methyl sites for hydroxylation is 1. The molecule has 10 heteroatoms. The van der Waals surface area contributed by atoms with Crippen molar-refractivity contribution < 1.29 is 32.2 Å². The molecule has 1 amide bonds. The van der Waals surface area contributed by atoms with Crippen molar-refractivity contribution in [3.8, 4) is 23.0 Å². The van der Waals surface area contributed by atoms with Gasteiger partial charge in [0.1, 0.15) is 5.75 Å². The summed E-state index contributed by atoms with van der Waals surface area (Å²) in [4.78, 5) is 14.9. The lowest BCUT2D eigenvalue weighted by atomic mass is 10.1. The Bertz CT molecular complexity index is 1350. The Labute approximate surface area is 230 Å². The molecule has 0 bridgehead atoms. The Hall–Kier alpha value is -3.76. The molecule has 0 saturated carbocycles. The van der Waals surface area contributed by atoms with E-state index in [1.54, 1.807) is 38.2 Å². The van der Waals surface area contributed by atoms with E-state index in [-0.39, 0.29) is 30.4 Å². The van der Waals surface area contributed by atoms with Crippen LogP contribution in [0.3, 0.4) is 0 Å². The summed E-state index contributed by atoms with van der Waals surface area (Å²) in [7, 11) is 2.17. The first-order valence-corrected chi connectivity index (χ1v) is 13.9. The van der Waals surface area contributed by atoms with Crippen molar-refractivity contribution in [3.63, 3.8) is 0 Å². The maximum absolute atomic E-state index is 13.8. The standard InChI is InChI=1S/C29H36N2O7S/c1-7-38-25-14-13-24(15-21(25)2)39(33,34)31(19-22-11-9-8-10-12-22)20-28(32)30(3)18-23-16-26(35-4)29(37-6)27(17-23)36-5/h8-17H,7,18-20H2,1-6H3. The van der Waals surface area contributed by atoms with Gasteiger partial charge in [0.25, 0.3) is 0 Å². The minimum absolute atomic E-state index is 0.0409. The van der Waals surface area contributed by atoms with Gasteiger partial charge in [-0.2, -0.15) is 4.31 Å². The van der Waals surface area contributed by atoms with Gasteiger partial charge in [0.15, 0.2) is 11.5 Å². The number of likely N-dealkylation sites (N-methyl/N-ethyl adjacent to an activating group) is 1. The number of carbonyl (C=O) groups is 1. The van der Waals surface area contributed by atoms with Crippen LogP contribution in [0.1, 0.15) is 23.6 Å². The quantitative estimate of drug-likeness (QED) is 0.310. The second-order valence-electron chi connectivity index (χ2n) is 8.90. The number of carbonyl (C=O) groups excluding carboxylic acids is 1. The molecule has 39 heavy (non-hydrogen) atoms. The normalized spacial score (nSPS) is 11.3. The van der Waals surface area contributed by atoms with Gasteiger partial charge < -0.3 is 23.8 Å². The van der Waals surface area contributed by atoms with Crippen molar-refractivity contribution in [3.05, 3.63) is 77.4 Å². The van der Waals surface area contributed by atoms with Gasteiger partial charge in [-0.05, 0) is 60.9 Å². The fourth-order valence-electron chi connectivity index (χ4n) is 4.12. The van der Waals surface area contributed by atoms with E-state index in [2.05, 4.69) is 0 Å². The number of methoxy groups -OCH3 is 3. The predicted molar refractivity (Wildman–Crippen MR) is 149 cm³/mol. The molecule has 0 heterocycles. The lowest BCUT2D eigenvalue weighted by Gasteiger charge is -2.26. The van der Waals surface area contributed by atoms with E-state index < -0.39 is 10.0 Å². The maximum Gasteiger partial charge on any atom is 0.243 e. The van der Waals surface area contributed by atoms with E-state index in [1.165, 1.54) is 36.6 Å². The third kappa shape index (κ3) is 7.21. The number of rotatable bonds is 13. The number of hydrogen-bond donors (Lipinski definition) is 0. The lowest BCUT2D eigenvalue weighted by Crippen LogP contribution is -2.41. The molecule has 0 aliphatic heterocycles. The van der Waals surface area contributed by atoms with Gasteiger partial charge in [0.2, 0.25) is 21.7 Å². The lowest BCUT2D eigenvalue weighted by molar-refractivity contribution is -0.130. The minimum Gasteiger partial charge on any atom is -0.494 e. The van der Waals surface area contributed by atoms with E-state index >= 15 is 0 Å². The maximum atomic E-state index is 13.8. The predicted octanol–water partition coefficient (Wildman–Crippen LogP) is 4.27. The van der Waals surface area contributed by atoms with Crippen LogP contribution in [0.4, 0.5) is 0 Å². The first kappa shape index (κ1) is 29.8. The molecule has 0 aliphatic carbocycles. The number of ether oxygens (including phenoxy) is 4. The number of benzene rings is 3. The van der Waals surface area contributed by atoms with Crippen molar-refractivity contribution in [2.45, 2.75) is 31.8 Å². The third-order valence-electron chi connectivity index (χ3n) is 6.17. The van der Waals surface area contributed by atoms with Crippen LogP contribution in [-0.2, 0) is 27.9 Å². The summed E-state index contributed by atoms with van der Waals surface area (Å²) in [5, 5.41) is 0. The van der Waals surface area contributed by atoms with Crippen LogP contribution in [0.5, 0.6) is 23.0 Å². The third-order valence-corrected chi connectivity index (χ3v) is 7.96. The average Bonchev–Trinajstić information content (AvgIpc) is 2.93. The number of sulfonamides is 1. The van der Waals surface area contributed by atoms with Crippen molar-refractivity contribution >= 4 is 15.9 Å². The summed E-state index contributed by atoms with van der Waals surface area (Å²) in [6, 6.07) is 17.4. The number of nitrogens with zero attached hydrogens (tertiary/aromatic N) is 2. The SMILES string of the molecule is CCOc1ccc(S(=O)(=O)N(CC(=O)N(C)Cc2cc(OC)c(OC)c(OC)c2)Cc2ccccc2)cc1C. The highest BCUT2D eigenvalue weighted by Crippen LogP contribution is 2.38. The average molecular weight is 557 g/mol. The van der Waals surface area contributed by atoms with Crippen LogP contribution in [0.25, 0.3) is 0 Å². The first-order chi connectivity index (χ1) is 18.6. The van der Waals surface area contributed by atoms with E-state index in [0.29, 0.717) is 35.2 Å². The molecular formula is C29H36N2O7S. The van der Waals surface area contributed by atoms with E-state index in [9.17, 15) is 13.2 Å². The van der Waals surface area contributed by atoms with Crippen LogP contribution < -0.4 is 18.9 Å². The highest BCUT2D eigenvalue weighted by Gasteiger charge is 2.29. The highest BCUT2D eigenvalue weighted by molar-refractivity contribution is 7.89. The molecule has 0 N–H and O–H groups in total. The summed E-state index contributed by atoms with van der Waals surface area (Å²) in [5.41, 5.74) is 2.20. The molecule has 210 valence electrons. The summed E-state index contributed by atoms with van der Waals surface area (Å²) in [5.74, 6) is 1.63. The van der Waals surface area contributed by atoms with Crippen molar-refractivity contribution in [1.82, 2.24) is 9.21 Å². The molecule has 3 aromatic carbocycles. The summed E-state index contributed by atoms with van der Waals surface area (Å²) >= 11 is 0. The fraction of sp³-hybridized carbons (Fsp3) is 0.345. The number of hydrogen-bond acceptors (Lipinski definition) is 7. The molecule has 3 aromatic rings. The molecule has 9 nitrogen and oxygen atoms in total. The molecule has 0 aliphatic rings. The van der Waals surface area contributed by atoms with Crippen molar-refractivity contribution in [1.29, 1.82) is 0 Å². The monoisotopic (exact) mass is 556 g/mol. The summed E-state index contributed by atoms with van der Waals surface area (Å²) < 4.78 is 50.5. The molecule has 0 atom stereocenters. The van der Waals surface area contributed by atoms with Crippen molar-refractivity contribution in [2.75, 3.05) is 41.5 Å². The second kappa shape index (κ2) is 13.3. The Kier molecular flexibility index (Phi) is 10.2. The van der Waals surface area contributed by atoms with Crippen LogP contribution in [-0.4, -0.2) is 65.1 Å².